The van der Waals surface area contributed by atoms with E-state index in [2.05, 4.69) is 4.90 Å². The second-order valence-corrected chi connectivity index (χ2v) is 3.79. The Labute approximate surface area is 96.2 Å². The fourth-order valence-corrected chi connectivity index (χ4v) is 1.46. The van der Waals surface area contributed by atoms with Crippen molar-refractivity contribution in [1.29, 1.82) is 0 Å². The number of carbonyl (C=O) groups is 1. The van der Waals surface area contributed by atoms with Crippen molar-refractivity contribution in [2.45, 2.75) is 26.8 Å². The van der Waals surface area contributed by atoms with Crippen LogP contribution in [0.5, 0.6) is 0 Å². The van der Waals surface area contributed by atoms with Gasteiger partial charge in [-0.25, -0.2) is 0 Å². The second-order valence-electron chi connectivity index (χ2n) is 3.79. The van der Waals surface area contributed by atoms with E-state index in [1.165, 1.54) is 0 Å². The number of carbonyl (C=O) groups excluding carboxylic acids is 1. The first-order valence-electron chi connectivity index (χ1n) is 5.50. The van der Waals surface area contributed by atoms with Gasteiger partial charge >= 0.3 is 5.97 Å². The average molecular weight is 225 g/mol. The number of furan rings is 1. The summed E-state index contributed by atoms with van der Waals surface area (Å²) in [5.74, 6) is 0.793. The third-order valence-corrected chi connectivity index (χ3v) is 2.41. The third kappa shape index (κ3) is 4.06. The lowest BCUT2D eigenvalue weighted by Crippen LogP contribution is -2.22. The maximum Gasteiger partial charge on any atom is 0.307 e. The van der Waals surface area contributed by atoms with Gasteiger partial charge in [-0.05, 0) is 27.0 Å². The molecule has 1 aromatic heterocycles. The monoisotopic (exact) mass is 225 g/mol. The Bertz CT molecular complexity index is 333. The molecule has 0 aliphatic heterocycles. The summed E-state index contributed by atoms with van der Waals surface area (Å²) in [6, 6.07) is 1.95. The van der Waals surface area contributed by atoms with Crippen LogP contribution in [0.15, 0.2) is 16.7 Å². The quantitative estimate of drug-likeness (QED) is 0.694. The van der Waals surface area contributed by atoms with Gasteiger partial charge in [0, 0.05) is 18.7 Å². The Balaban J connectivity index is 2.28. The fourth-order valence-electron chi connectivity index (χ4n) is 1.46. The predicted octanol–water partition coefficient (Wildman–Crippen LogP) is 1.97. The summed E-state index contributed by atoms with van der Waals surface area (Å²) < 4.78 is 10.1. The third-order valence-electron chi connectivity index (χ3n) is 2.41. The minimum atomic E-state index is -0.140. The van der Waals surface area contributed by atoms with Crippen molar-refractivity contribution in [2.75, 3.05) is 20.2 Å². The molecule has 0 bridgehead atoms. The van der Waals surface area contributed by atoms with Crippen LogP contribution in [0.4, 0.5) is 0 Å². The molecule has 0 unspecified atom stereocenters. The average Bonchev–Trinajstić information content (AvgIpc) is 2.62. The van der Waals surface area contributed by atoms with Gasteiger partial charge in [-0.2, -0.15) is 0 Å². The van der Waals surface area contributed by atoms with Gasteiger partial charge in [0.05, 0.1) is 19.3 Å². The molecule has 0 atom stereocenters. The Morgan fingerprint density at radius 2 is 2.31 bits per heavy atom. The number of aryl methyl sites for hydroxylation is 1. The molecule has 1 aromatic rings. The van der Waals surface area contributed by atoms with E-state index in [0.717, 1.165) is 17.9 Å². The Kier molecular flexibility index (Phi) is 5.05. The number of ether oxygens (including phenoxy) is 1. The standard InChI is InChI=1S/C12H19NO3/c1-4-15-12(14)5-7-13(3)9-11-6-8-16-10(11)2/h6,8H,4-5,7,9H2,1-3H3. The van der Waals surface area contributed by atoms with Gasteiger partial charge in [-0.3, -0.25) is 4.79 Å². The normalized spacial score (nSPS) is 10.8. The lowest BCUT2D eigenvalue weighted by Gasteiger charge is -2.15. The molecule has 0 aliphatic rings. The smallest absolute Gasteiger partial charge is 0.307 e. The molecule has 0 aliphatic carbocycles. The zero-order valence-corrected chi connectivity index (χ0v) is 10.2. The SMILES string of the molecule is CCOC(=O)CCN(C)Cc1ccoc1C. The topological polar surface area (TPSA) is 42.7 Å². The van der Waals surface area contributed by atoms with Crippen molar-refractivity contribution in [3.63, 3.8) is 0 Å². The van der Waals surface area contributed by atoms with Crippen molar-refractivity contribution in [2.24, 2.45) is 0 Å². The molecular weight excluding hydrogens is 206 g/mol. The Morgan fingerprint density at radius 1 is 1.56 bits per heavy atom. The van der Waals surface area contributed by atoms with Gasteiger partial charge in [0.25, 0.3) is 0 Å². The first-order valence-corrected chi connectivity index (χ1v) is 5.50. The molecule has 4 nitrogen and oxygen atoms in total. The first-order chi connectivity index (χ1) is 7.63. The van der Waals surface area contributed by atoms with Crippen molar-refractivity contribution in [3.8, 4) is 0 Å². The van der Waals surface area contributed by atoms with Gasteiger partial charge in [0.1, 0.15) is 5.76 Å². The lowest BCUT2D eigenvalue weighted by atomic mass is 10.2. The minimum Gasteiger partial charge on any atom is -0.469 e. The van der Waals surface area contributed by atoms with E-state index >= 15 is 0 Å². The van der Waals surface area contributed by atoms with Crippen molar-refractivity contribution >= 4 is 5.97 Å². The highest BCUT2D eigenvalue weighted by atomic mass is 16.5. The van der Waals surface area contributed by atoms with E-state index < -0.39 is 0 Å². The van der Waals surface area contributed by atoms with E-state index in [1.54, 1.807) is 6.26 Å². The summed E-state index contributed by atoms with van der Waals surface area (Å²) in [4.78, 5) is 13.2. The van der Waals surface area contributed by atoms with Crippen LogP contribution in [0, 0.1) is 6.92 Å². The largest absolute Gasteiger partial charge is 0.469 e. The van der Waals surface area contributed by atoms with Gasteiger partial charge in [0.2, 0.25) is 0 Å². The highest BCUT2D eigenvalue weighted by Gasteiger charge is 2.08. The fraction of sp³-hybridized carbons (Fsp3) is 0.583. The first kappa shape index (κ1) is 12.8. The van der Waals surface area contributed by atoms with Crippen molar-refractivity contribution in [1.82, 2.24) is 4.90 Å². The number of hydrogen-bond donors (Lipinski definition) is 0. The summed E-state index contributed by atoms with van der Waals surface area (Å²) in [5.41, 5.74) is 1.16. The molecule has 0 saturated heterocycles. The summed E-state index contributed by atoms with van der Waals surface area (Å²) in [6.45, 7) is 5.69. The van der Waals surface area contributed by atoms with E-state index in [0.29, 0.717) is 19.6 Å². The van der Waals surface area contributed by atoms with Crippen LogP contribution < -0.4 is 0 Å². The molecule has 0 amide bonds. The van der Waals surface area contributed by atoms with Crippen LogP contribution in [0.1, 0.15) is 24.7 Å². The lowest BCUT2D eigenvalue weighted by molar-refractivity contribution is -0.143. The number of hydrogen-bond acceptors (Lipinski definition) is 4. The highest BCUT2D eigenvalue weighted by Crippen LogP contribution is 2.11. The second kappa shape index (κ2) is 6.33. The molecule has 1 rings (SSSR count). The minimum absolute atomic E-state index is 0.140. The zero-order valence-electron chi connectivity index (χ0n) is 10.2. The molecule has 16 heavy (non-hydrogen) atoms. The molecule has 90 valence electrons. The van der Waals surface area contributed by atoms with Crippen LogP contribution in [0.25, 0.3) is 0 Å². The van der Waals surface area contributed by atoms with Crippen LogP contribution in [0.2, 0.25) is 0 Å². The van der Waals surface area contributed by atoms with E-state index in [9.17, 15) is 4.79 Å². The molecule has 0 saturated carbocycles. The number of esters is 1. The molecule has 0 radical (unpaired) electrons. The zero-order chi connectivity index (χ0) is 12.0. The molecule has 0 N–H and O–H groups in total. The van der Waals surface area contributed by atoms with Gasteiger partial charge in [0.15, 0.2) is 0 Å². The van der Waals surface area contributed by atoms with Crippen LogP contribution in [-0.2, 0) is 16.1 Å². The van der Waals surface area contributed by atoms with Crippen LogP contribution >= 0.6 is 0 Å². The van der Waals surface area contributed by atoms with Gasteiger partial charge in [-0.1, -0.05) is 0 Å². The summed E-state index contributed by atoms with van der Waals surface area (Å²) >= 11 is 0. The van der Waals surface area contributed by atoms with Gasteiger partial charge < -0.3 is 14.1 Å². The Morgan fingerprint density at radius 3 is 2.88 bits per heavy atom. The van der Waals surface area contributed by atoms with E-state index in [1.807, 2.05) is 27.0 Å². The molecule has 0 aromatic carbocycles. The summed E-state index contributed by atoms with van der Waals surface area (Å²) in [6.07, 6.45) is 2.12. The van der Waals surface area contributed by atoms with E-state index in [4.69, 9.17) is 9.15 Å². The summed E-state index contributed by atoms with van der Waals surface area (Å²) in [5, 5.41) is 0. The van der Waals surface area contributed by atoms with Crippen LogP contribution in [-0.4, -0.2) is 31.1 Å². The van der Waals surface area contributed by atoms with Crippen LogP contribution in [0.3, 0.4) is 0 Å². The molecule has 4 heteroatoms. The molecular formula is C12H19NO3. The maximum absolute atomic E-state index is 11.1. The molecule has 0 fully saturated rings. The number of rotatable bonds is 6. The predicted molar refractivity (Wildman–Crippen MR) is 61.0 cm³/mol. The van der Waals surface area contributed by atoms with E-state index in [-0.39, 0.29) is 5.97 Å². The molecule has 0 spiro atoms. The highest BCUT2D eigenvalue weighted by molar-refractivity contribution is 5.69. The summed E-state index contributed by atoms with van der Waals surface area (Å²) in [7, 11) is 1.98. The molecule has 1 heterocycles. The number of nitrogens with zero attached hydrogens (tertiary/aromatic N) is 1. The van der Waals surface area contributed by atoms with Crippen molar-refractivity contribution in [3.05, 3.63) is 23.7 Å². The Hall–Kier alpha value is -1.29. The van der Waals surface area contributed by atoms with Gasteiger partial charge in [-0.15, -0.1) is 0 Å². The maximum atomic E-state index is 11.1. The van der Waals surface area contributed by atoms with Crippen molar-refractivity contribution < 1.29 is 13.9 Å².